The number of anilines is 1. The number of amides is 1. The first-order chi connectivity index (χ1) is 16.6. The van der Waals surface area contributed by atoms with Crippen LogP contribution in [0, 0.1) is 6.92 Å². The van der Waals surface area contributed by atoms with Gasteiger partial charge in [-0.2, -0.15) is 5.10 Å². The Morgan fingerprint density at radius 3 is 2.49 bits per heavy atom. The Labute approximate surface area is 221 Å². The number of aromatic nitrogens is 4. The van der Waals surface area contributed by atoms with Crippen molar-refractivity contribution in [2.24, 2.45) is 0 Å². The zero-order valence-corrected chi connectivity index (χ0v) is 22.1. The fraction of sp³-hybridized carbons (Fsp3) is 0.250. The normalized spacial score (nSPS) is 11.4. The number of rotatable bonds is 6. The summed E-state index contributed by atoms with van der Waals surface area (Å²) in [7, 11) is 0. The van der Waals surface area contributed by atoms with Crippen LogP contribution in [0.1, 0.15) is 42.4 Å². The molecule has 7 nitrogen and oxygen atoms in total. The molecule has 0 unspecified atom stereocenters. The molecule has 0 aliphatic carbocycles. The molecular weight excluding hydrogens is 532 g/mol. The van der Waals surface area contributed by atoms with Crippen LogP contribution in [0.4, 0.5) is 5.69 Å². The van der Waals surface area contributed by atoms with E-state index in [2.05, 4.69) is 15.4 Å². The number of H-pyrrole nitrogens is 1. The first-order valence-electron chi connectivity index (χ1n) is 10.7. The van der Waals surface area contributed by atoms with Gasteiger partial charge in [-0.1, -0.05) is 60.8 Å². The largest absolute Gasteiger partial charge is 0.325 e. The molecule has 0 bridgehead atoms. The van der Waals surface area contributed by atoms with E-state index in [1.165, 1.54) is 4.68 Å². The van der Waals surface area contributed by atoms with Crippen LogP contribution in [0.25, 0.3) is 16.7 Å². The Morgan fingerprint density at radius 1 is 1.17 bits per heavy atom. The van der Waals surface area contributed by atoms with Crippen molar-refractivity contribution < 1.29 is 4.79 Å². The average molecular weight is 553 g/mol. The summed E-state index contributed by atoms with van der Waals surface area (Å²) in [4.78, 5) is 32.6. The molecule has 182 valence electrons. The van der Waals surface area contributed by atoms with Crippen molar-refractivity contribution in [2.45, 2.75) is 33.1 Å². The van der Waals surface area contributed by atoms with E-state index in [1.54, 1.807) is 18.2 Å². The van der Waals surface area contributed by atoms with Crippen molar-refractivity contribution >= 4 is 69.0 Å². The lowest BCUT2D eigenvalue weighted by molar-refractivity contribution is -0.113. The minimum absolute atomic E-state index is 0.0539. The Balaban J connectivity index is 1.88. The van der Waals surface area contributed by atoms with Crippen molar-refractivity contribution in [3.05, 3.63) is 78.4 Å². The Kier molecular flexibility index (Phi) is 7.43. The molecule has 0 aliphatic rings. The fourth-order valence-corrected chi connectivity index (χ4v) is 4.90. The highest BCUT2D eigenvalue weighted by atomic mass is 35.5. The number of carbonyl (C=O) groups is 1. The summed E-state index contributed by atoms with van der Waals surface area (Å²) >= 11 is 24.7. The van der Waals surface area contributed by atoms with Gasteiger partial charge >= 0.3 is 0 Å². The number of halogens is 4. The van der Waals surface area contributed by atoms with Crippen LogP contribution in [0.5, 0.6) is 0 Å². The lowest BCUT2D eigenvalue weighted by Crippen LogP contribution is -2.15. The number of carbonyl (C=O) groups excluding carboxylic acids is 1. The number of alkyl halides is 1. The molecule has 0 saturated heterocycles. The van der Waals surface area contributed by atoms with Crippen molar-refractivity contribution in [1.82, 2.24) is 19.7 Å². The van der Waals surface area contributed by atoms with Gasteiger partial charge in [0.2, 0.25) is 5.91 Å². The number of hydrogen-bond acceptors (Lipinski definition) is 4. The van der Waals surface area contributed by atoms with E-state index in [1.807, 2.05) is 32.9 Å². The Hall–Kier alpha value is -2.58. The number of benzene rings is 2. The van der Waals surface area contributed by atoms with E-state index in [0.29, 0.717) is 45.4 Å². The van der Waals surface area contributed by atoms with Gasteiger partial charge in [0.05, 0.1) is 15.7 Å². The van der Waals surface area contributed by atoms with Gasteiger partial charge in [-0.3, -0.25) is 9.59 Å². The number of nitrogens with zero attached hydrogens (tertiary/aromatic N) is 3. The van der Waals surface area contributed by atoms with Crippen LogP contribution in [0.2, 0.25) is 15.1 Å². The average Bonchev–Trinajstić information content (AvgIpc) is 3.16. The maximum absolute atomic E-state index is 13.2. The highest BCUT2D eigenvalue weighted by Crippen LogP contribution is 2.34. The molecule has 2 aromatic heterocycles. The summed E-state index contributed by atoms with van der Waals surface area (Å²) in [6.45, 7) is 5.76. The van der Waals surface area contributed by atoms with Crippen LogP contribution in [-0.2, 0) is 11.2 Å². The molecule has 35 heavy (non-hydrogen) atoms. The van der Waals surface area contributed by atoms with Gasteiger partial charge in [0.15, 0.2) is 5.65 Å². The van der Waals surface area contributed by atoms with Gasteiger partial charge in [0.1, 0.15) is 22.8 Å². The van der Waals surface area contributed by atoms with Crippen LogP contribution in [0.15, 0.2) is 35.1 Å². The summed E-state index contributed by atoms with van der Waals surface area (Å²) in [6.07, 6.45) is 0.311. The second-order valence-corrected chi connectivity index (χ2v) is 9.85. The van der Waals surface area contributed by atoms with Gasteiger partial charge in [-0.15, -0.1) is 11.6 Å². The molecule has 2 aromatic carbocycles. The van der Waals surface area contributed by atoms with E-state index >= 15 is 0 Å². The van der Waals surface area contributed by atoms with Crippen molar-refractivity contribution in [3.63, 3.8) is 0 Å². The van der Waals surface area contributed by atoms with E-state index in [0.717, 1.165) is 11.1 Å². The molecule has 0 spiro atoms. The van der Waals surface area contributed by atoms with Gasteiger partial charge in [0, 0.05) is 17.1 Å². The van der Waals surface area contributed by atoms with E-state index < -0.39 is 0 Å². The van der Waals surface area contributed by atoms with Gasteiger partial charge in [-0.25, -0.2) is 9.67 Å². The van der Waals surface area contributed by atoms with Crippen molar-refractivity contribution in [2.75, 3.05) is 11.2 Å². The van der Waals surface area contributed by atoms with Gasteiger partial charge in [-0.05, 0) is 42.2 Å². The number of aromatic amines is 1. The second kappa shape index (κ2) is 10.2. The molecule has 1 amide bonds. The molecule has 0 atom stereocenters. The lowest BCUT2D eigenvalue weighted by Gasteiger charge is -2.12. The molecule has 0 fully saturated rings. The minimum atomic E-state index is -0.314. The van der Waals surface area contributed by atoms with Crippen LogP contribution < -0.4 is 10.9 Å². The number of fused-ring (bicyclic) bond motifs is 1. The monoisotopic (exact) mass is 551 g/mol. The van der Waals surface area contributed by atoms with Gasteiger partial charge in [0.25, 0.3) is 5.56 Å². The van der Waals surface area contributed by atoms with E-state index in [4.69, 9.17) is 51.4 Å². The zero-order chi connectivity index (χ0) is 25.4. The topological polar surface area (TPSA) is 92.7 Å². The number of hydrogen-bond donors (Lipinski definition) is 2. The summed E-state index contributed by atoms with van der Waals surface area (Å²) in [5, 5.41) is 8.74. The standard InChI is InChI=1S/C24H21Cl4N5O2/c1-11(2)21-20-23(33(32-21)22-15(27)8-14(26)9-16(22)28)30-18(31-24(20)35)7-13-5-4-6-17(12(13)3)29-19(34)10-25/h4-6,8-9,11H,7,10H2,1-3H3,(H,29,34)(H,30,31,35). The molecule has 0 aliphatic heterocycles. The third-order valence-electron chi connectivity index (χ3n) is 5.55. The first-order valence-corrected chi connectivity index (χ1v) is 12.4. The SMILES string of the molecule is Cc1c(Cc2nc3c(c(C(C)C)nn3-c3c(Cl)cc(Cl)cc3Cl)c(=O)[nH]2)cccc1NC(=O)CCl. The molecular formula is C24H21Cl4N5O2. The first kappa shape index (κ1) is 25.5. The maximum Gasteiger partial charge on any atom is 0.262 e. The lowest BCUT2D eigenvalue weighted by atomic mass is 10.0. The Bertz CT molecular complexity index is 1490. The maximum atomic E-state index is 13.2. The molecule has 2 heterocycles. The predicted octanol–water partition coefficient (Wildman–Crippen LogP) is 6.27. The minimum Gasteiger partial charge on any atom is -0.325 e. The summed E-state index contributed by atoms with van der Waals surface area (Å²) in [5.74, 6) is -0.0830. The molecule has 2 N–H and O–H groups in total. The fourth-order valence-electron chi connectivity index (χ4n) is 3.85. The highest BCUT2D eigenvalue weighted by molar-refractivity contribution is 6.40. The molecule has 11 heteroatoms. The van der Waals surface area contributed by atoms with Crippen molar-refractivity contribution in [3.8, 4) is 5.69 Å². The summed E-state index contributed by atoms with van der Waals surface area (Å²) in [6, 6.07) is 8.63. The molecule has 4 rings (SSSR count). The highest BCUT2D eigenvalue weighted by Gasteiger charge is 2.23. The van der Waals surface area contributed by atoms with Crippen LogP contribution >= 0.6 is 46.4 Å². The van der Waals surface area contributed by atoms with Crippen molar-refractivity contribution in [1.29, 1.82) is 0 Å². The third-order valence-corrected chi connectivity index (χ3v) is 6.59. The quantitative estimate of drug-likeness (QED) is 0.276. The third kappa shape index (κ3) is 5.05. The molecule has 4 aromatic rings. The summed E-state index contributed by atoms with van der Waals surface area (Å²) in [5.41, 5.74) is 3.34. The second-order valence-electron chi connectivity index (χ2n) is 8.33. The molecule has 0 radical (unpaired) electrons. The predicted molar refractivity (Wildman–Crippen MR) is 142 cm³/mol. The van der Waals surface area contributed by atoms with E-state index in [-0.39, 0.29) is 33.3 Å². The van der Waals surface area contributed by atoms with Crippen LogP contribution in [-0.4, -0.2) is 31.5 Å². The summed E-state index contributed by atoms with van der Waals surface area (Å²) < 4.78 is 1.49. The van der Waals surface area contributed by atoms with Gasteiger partial charge < -0.3 is 10.3 Å². The zero-order valence-electron chi connectivity index (χ0n) is 19.0. The van der Waals surface area contributed by atoms with E-state index in [9.17, 15) is 9.59 Å². The van der Waals surface area contributed by atoms with Crippen LogP contribution in [0.3, 0.4) is 0 Å². The Morgan fingerprint density at radius 2 is 1.86 bits per heavy atom. The smallest absolute Gasteiger partial charge is 0.262 e. The number of nitrogens with one attached hydrogen (secondary N) is 2. The molecule has 0 saturated carbocycles.